The van der Waals surface area contributed by atoms with Crippen molar-refractivity contribution in [1.82, 2.24) is 4.98 Å². The normalized spacial score (nSPS) is 11.5. The van der Waals surface area contributed by atoms with Gasteiger partial charge in [0.1, 0.15) is 5.75 Å². The third kappa shape index (κ3) is 3.38. The lowest BCUT2D eigenvalue weighted by Gasteiger charge is -2.06. The minimum atomic E-state index is 0.785. The van der Waals surface area contributed by atoms with Crippen molar-refractivity contribution in [2.75, 3.05) is 25.5 Å². The Morgan fingerprint density at radius 1 is 1.07 bits per heavy atom. The molecule has 5 N–H and O–H groups in total. The van der Waals surface area contributed by atoms with Gasteiger partial charge in [-0.2, -0.15) is 0 Å². The number of H-pyrrole nitrogens is 2. The summed E-state index contributed by atoms with van der Waals surface area (Å²) in [7, 11) is 1.71. The van der Waals surface area contributed by atoms with Crippen LogP contribution in [0.3, 0.4) is 0 Å². The third-order valence-electron chi connectivity index (χ3n) is 5.50. The molecule has 0 unspecified atom stereocenters. The van der Waals surface area contributed by atoms with Gasteiger partial charge < -0.3 is 15.5 Å². The lowest BCUT2D eigenvalue weighted by Crippen LogP contribution is -2.15. The van der Waals surface area contributed by atoms with Crippen LogP contribution < -0.4 is 20.8 Å². The molecule has 5 heteroatoms. The molecule has 0 amide bonds. The molecule has 0 radical (unpaired) electrons. The predicted octanol–water partition coefficient (Wildman–Crippen LogP) is 4.54. The maximum absolute atomic E-state index is 5.58. The number of rotatable bonds is 8. The molecule has 146 valence electrons. The highest BCUT2D eigenvalue weighted by Gasteiger charge is 2.18. The number of aryl methyl sites for hydroxylation is 1. The second-order valence-electron chi connectivity index (χ2n) is 7.43. The lowest BCUT2D eigenvalue weighted by molar-refractivity contribution is -0.359. The smallest absolute Gasteiger partial charge is 0.282 e. The highest BCUT2D eigenvalue weighted by Crippen LogP contribution is 2.36. The number of aromatic amines is 2. The number of unbranched alkanes of at least 4 members (excludes halogenated alkanes) is 3. The molecule has 0 aliphatic heterocycles. The van der Waals surface area contributed by atoms with Gasteiger partial charge >= 0.3 is 0 Å². The molecule has 5 nitrogen and oxygen atoms in total. The summed E-state index contributed by atoms with van der Waals surface area (Å²) in [5.41, 5.74) is 9.13. The highest BCUT2D eigenvalue weighted by atomic mass is 16.5. The summed E-state index contributed by atoms with van der Waals surface area (Å²) >= 11 is 0. The number of nitrogens with one attached hydrogen (secondary N) is 3. The van der Waals surface area contributed by atoms with Gasteiger partial charge in [0.25, 0.3) is 5.82 Å². The summed E-state index contributed by atoms with van der Waals surface area (Å²) in [4.78, 5) is 7.09. The molecule has 0 fully saturated rings. The van der Waals surface area contributed by atoms with Crippen LogP contribution in [-0.2, 0) is 0 Å². The Bertz CT molecular complexity index is 1120. The Morgan fingerprint density at radius 3 is 2.75 bits per heavy atom. The minimum Gasteiger partial charge on any atom is -0.497 e. The molecular weight excluding hydrogens is 348 g/mol. The van der Waals surface area contributed by atoms with Crippen molar-refractivity contribution in [2.24, 2.45) is 5.73 Å². The van der Waals surface area contributed by atoms with Crippen molar-refractivity contribution in [1.29, 1.82) is 0 Å². The average Bonchev–Trinajstić information content (AvgIpc) is 3.12. The number of anilines is 1. The Hall–Kier alpha value is -2.79. The van der Waals surface area contributed by atoms with Crippen LogP contribution in [0.25, 0.3) is 32.6 Å². The zero-order valence-electron chi connectivity index (χ0n) is 16.7. The van der Waals surface area contributed by atoms with Gasteiger partial charge in [-0.15, -0.1) is 0 Å². The Morgan fingerprint density at radius 2 is 1.93 bits per heavy atom. The van der Waals surface area contributed by atoms with Crippen LogP contribution in [0.1, 0.15) is 31.2 Å². The van der Waals surface area contributed by atoms with Crippen LogP contribution in [0.4, 0.5) is 5.82 Å². The molecule has 4 aromatic rings. The molecule has 0 saturated carbocycles. The number of fused-ring (bicyclic) bond motifs is 5. The first-order chi connectivity index (χ1) is 13.7. The minimum absolute atomic E-state index is 0.785. The van der Waals surface area contributed by atoms with Crippen molar-refractivity contribution in [2.45, 2.75) is 32.6 Å². The summed E-state index contributed by atoms with van der Waals surface area (Å²) in [6.07, 6.45) is 6.72. The first kappa shape index (κ1) is 18.6. The zero-order valence-corrected chi connectivity index (χ0v) is 16.7. The number of nitrogens with two attached hydrogens (primary N) is 1. The Labute approximate surface area is 165 Å². The summed E-state index contributed by atoms with van der Waals surface area (Å²) < 4.78 is 5.41. The molecule has 2 heterocycles. The number of aromatic nitrogens is 2. The Balaban J connectivity index is 1.77. The summed E-state index contributed by atoms with van der Waals surface area (Å²) in [5.74, 6) is 1.96. The Kier molecular flexibility index (Phi) is 5.35. The van der Waals surface area contributed by atoms with E-state index in [1.807, 2.05) is 6.07 Å². The van der Waals surface area contributed by atoms with Gasteiger partial charge in [0.2, 0.25) is 0 Å². The summed E-state index contributed by atoms with van der Waals surface area (Å²) in [6.45, 7) is 3.87. The maximum Gasteiger partial charge on any atom is 0.282 e. The third-order valence-corrected chi connectivity index (χ3v) is 5.50. The molecule has 2 aromatic carbocycles. The monoisotopic (exact) mass is 377 g/mol. The SMILES string of the molecule is COc1ccc2c(ccc3[nH]c4c(C)c[nH+]c(NCCCCCCN)c4c32)c1. The van der Waals surface area contributed by atoms with Crippen molar-refractivity contribution in [3.8, 4) is 5.75 Å². The number of pyridine rings is 1. The zero-order chi connectivity index (χ0) is 19.5. The van der Waals surface area contributed by atoms with E-state index in [9.17, 15) is 0 Å². The number of ether oxygens (including phenoxy) is 1. The molecule has 0 aliphatic rings. The van der Waals surface area contributed by atoms with Crippen molar-refractivity contribution in [3.63, 3.8) is 0 Å². The van der Waals surface area contributed by atoms with Crippen LogP contribution in [0.2, 0.25) is 0 Å². The molecule has 0 spiro atoms. The maximum atomic E-state index is 5.58. The fourth-order valence-electron chi connectivity index (χ4n) is 3.98. The summed E-state index contributed by atoms with van der Waals surface area (Å²) in [5, 5.41) is 8.52. The molecule has 0 atom stereocenters. The molecular formula is C23H29N4O+. The number of hydrogen-bond acceptors (Lipinski definition) is 3. The largest absolute Gasteiger partial charge is 0.497 e. The average molecular weight is 378 g/mol. The number of hydrogen-bond donors (Lipinski definition) is 3. The standard InChI is InChI=1S/C23H28N4O/c1-15-14-26-23(25-12-6-4-3-5-11-24)21-20-18-9-8-17(28-2)13-16(18)7-10-19(20)27-22(15)21/h7-10,13-14,27H,3-6,11-12,24H2,1-2H3,(H,25,26)/p+1. The fraction of sp³-hybridized carbons (Fsp3) is 0.348. The first-order valence-corrected chi connectivity index (χ1v) is 10.1. The van der Waals surface area contributed by atoms with Gasteiger partial charge in [0.05, 0.1) is 30.8 Å². The van der Waals surface area contributed by atoms with Crippen LogP contribution in [0.15, 0.2) is 36.5 Å². The quantitative estimate of drug-likeness (QED) is 0.395. The molecule has 2 aromatic heterocycles. The van der Waals surface area contributed by atoms with E-state index in [0.717, 1.165) is 43.0 Å². The molecule has 4 rings (SSSR count). The predicted molar refractivity (Wildman–Crippen MR) is 117 cm³/mol. The van der Waals surface area contributed by atoms with E-state index >= 15 is 0 Å². The van der Waals surface area contributed by atoms with Crippen LogP contribution in [-0.4, -0.2) is 25.2 Å². The number of methoxy groups -OCH3 is 1. The van der Waals surface area contributed by atoms with Gasteiger partial charge in [0.15, 0.2) is 0 Å². The molecule has 0 bridgehead atoms. The van der Waals surface area contributed by atoms with Crippen molar-refractivity contribution in [3.05, 3.63) is 42.1 Å². The number of benzene rings is 2. The van der Waals surface area contributed by atoms with Gasteiger partial charge in [-0.3, -0.25) is 5.32 Å². The van der Waals surface area contributed by atoms with Gasteiger partial charge in [0, 0.05) is 16.5 Å². The van der Waals surface area contributed by atoms with E-state index in [-0.39, 0.29) is 0 Å². The van der Waals surface area contributed by atoms with Crippen molar-refractivity contribution >= 4 is 38.4 Å². The van der Waals surface area contributed by atoms with Crippen molar-refractivity contribution < 1.29 is 9.72 Å². The fourth-order valence-corrected chi connectivity index (χ4v) is 3.98. The van der Waals surface area contributed by atoms with E-state index in [2.05, 4.69) is 52.7 Å². The first-order valence-electron chi connectivity index (χ1n) is 10.1. The molecule has 0 aliphatic carbocycles. The molecule has 0 saturated heterocycles. The van der Waals surface area contributed by atoms with E-state index in [4.69, 9.17) is 10.5 Å². The second kappa shape index (κ2) is 8.07. The van der Waals surface area contributed by atoms with E-state index in [1.54, 1.807) is 7.11 Å². The van der Waals surface area contributed by atoms with E-state index in [1.165, 1.54) is 45.5 Å². The molecule has 28 heavy (non-hydrogen) atoms. The summed E-state index contributed by atoms with van der Waals surface area (Å²) in [6, 6.07) is 10.6. The van der Waals surface area contributed by atoms with E-state index in [0.29, 0.717) is 0 Å². The second-order valence-corrected chi connectivity index (χ2v) is 7.43. The lowest BCUT2D eigenvalue weighted by atomic mass is 10.0. The van der Waals surface area contributed by atoms with Crippen LogP contribution in [0.5, 0.6) is 5.75 Å². The highest BCUT2D eigenvalue weighted by molar-refractivity contribution is 6.23. The van der Waals surface area contributed by atoms with Crippen LogP contribution >= 0.6 is 0 Å². The van der Waals surface area contributed by atoms with E-state index < -0.39 is 0 Å². The van der Waals surface area contributed by atoms with Gasteiger partial charge in [-0.1, -0.05) is 12.5 Å². The van der Waals surface area contributed by atoms with Gasteiger partial charge in [-0.25, -0.2) is 4.98 Å². The van der Waals surface area contributed by atoms with Gasteiger partial charge in [-0.05, 0) is 67.8 Å². The topological polar surface area (TPSA) is 77.2 Å². The van der Waals surface area contributed by atoms with Crippen LogP contribution in [0, 0.1) is 6.92 Å².